The van der Waals surface area contributed by atoms with Crippen LogP contribution in [0.4, 0.5) is 0 Å². The van der Waals surface area contributed by atoms with Crippen LogP contribution in [0.5, 0.6) is 11.5 Å². The highest BCUT2D eigenvalue weighted by Gasteiger charge is 2.22. The van der Waals surface area contributed by atoms with Gasteiger partial charge in [0.15, 0.2) is 0 Å². The Morgan fingerprint density at radius 2 is 1.88 bits per heavy atom. The third kappa shape index (κ3) is 3.59. The van der Waals surface area contributed by atoms with Crippen LogP contribution in [0.1, 0.15) is 6.92 Å². The molecule has 86 valence electrons. The van der Waals surface area contributed by atoms with Crippen molar-refractivity contribution in [2.75, 3.05) is 19.8 Å². The van der Waals surface area contributed by atoms with Gasteiger partial charge in [0.25, 0.3) is 0 Å². The van der Waals surface area contributed by atoms with E-state index in [4.69, 9.17) is 14.2 Å². The molecule has 0 saturated carbocycles. The van der Waals surface area contributed by atoms with E-state index < -0.39 is 0 Å². The first-order valence-corrected chi connectivity index (χ1v) is 5.47. The molecule has 2 rings (SSSR count). The van der Waals surface area contributed by atoms with Crippen molar-refractivity contribution < 1.29 is 14.2 Å². The summed E-state index contributed by atoms with van der Waals surface area (Å²) in [6.45, 7) is 4.04. The van der Waals surface area contributed by atoms with Crippen LogP contribution in [0.15, 0.2) is 36.4 Å². The zero-order chi connectivity index (χ0) is 11.2. The van der Waals surface area contributed by atoms with Crippen molar-refractivity contribution in [2.24, 2.45) is 0 Å². The molecule has 1 aromatic carbocycles. The lowest BCUT2D eigenvalue weighted by Gasteiger charge is -2.06. The lowest BCUT2D eigenvalue weighted by atomic mass is 10.3. The lowest BCUT2D eigenvalue weighted by molar-refractivity contribution is 0.262. The summed E-state index contributed by atoms with van der Waals surface area (Å²) in [7, 11) is 0. The summed E-state index contributed by atoms with van der Waals surface area (Å²) >= 11 is 0. The smallest absolute Gasteiger partial charge is 0.120 e. The summed E-state index contributed by atoms with van der Waals surface area (Å²) in [4.78, 5) is 0. The molecular formula is C13H16O3. The zero-order valence-electron chi connectivity index (χ0n) is 9.39. The number of allylic oxidation sites excluding steroid dienone is 1. The summed E-state index contributed by atoms with van der Waals surface area (Å²) in [6.07, 6.45) is 4.23. The van der Waals surface area contributed by atoms with Crippen LogP contribution in [0.2, 0.25) is 0 Å². The van der Waals surface area contributed by atoms with Crippen molar-refractivity contribution >= 4 is 0 Å². The first-order valence-electron chi connectivity index (χ1n) is 5.47. The van der Waals surface area contributed by atoms with Crippen LogP contribution in [-0.2, 0) is 4.74 Å². The van der Waals surface area contributed by atoms with Gasteiger partial charge in [0.05, 0.1) is 6.61 Å². The quantitative estimate of drug-likeness (QED) is 0.545. The van der Waals surface area contributed by atoms with Gasteiger partial charge in [0.1, 0.15) is 30.8 Å². The minimum Gasteiger partial charge on any atom is -0.491 e. The van der Waals surface area contributed by atoms with Crippen molar-refractivity contribution in [3.63, 3.8) is 0 Å². The van der Waals surface area contributed by atoms with E-state index in [9.17, 15) is 0 Å². The minimum atomic E-state index is 0.297. The van der Waals surface area contributed by atoms with E-state index in [1.54, 1.807) is 0 Å². The van der Waals surface area contributed by atoms with E-state index in [1.165, 1.54) is 0 Å². The van der Waals surface area contributed by atoms with Crippen LogP contribution in [-0.4, -0.2) is 25.9 Å². The highest BCUT2D eigenvalue weighted by Crippen LogP contribution is 2.19. The van der Waals surface area contributed by atoms with Crippen molar-refractivity contribution in [2.45, 2.75) is 13.0 Å². The summed E-state index contributed by atoms with van der Waals surface area (Å²) in [5, 5.41) is 0. The molecule has 1 aliphatic rings. The maximum atomic E-state index is 5.52. The molecule has 0 amide bonds. The third-order valence-corrected chi connectivity index (χ3v) is 2.24. The Bertz CT molecular complexity index is 339. The number of benzene rings is 1. The molecule has 0 bridgehead atoms. The standard InChI is InChI=1S/C13H16O3/c1-2-3-8-14-11-4-6-12(7-5-11)15-9-13-10-16-13/h2-7,13H,8-10H2,1H3. The summed E-state index contributed by atoms with van der Waals surface area (Å²) in [5.41, 5.74) is 0. The number of epoxide rings is 1. The predicted molar refractivity (Wildman–Crippen MR) is 62.0 cm³/mol. The molecule has 1 aliphatic heterocycles. The highest BCUT2D eigenvalue weighted by atomic mass is 16.6. The fraction of sp³-hybridized carbons (Fsp3) is 0.385. The highest BCUT2D eigenvalue weighted by molar-refractivity contribution is 5.31. The van der Waals surface area contributed by atoms with Crippen LogP contribution < -0.4 is 9.47 Å². The summed E-state index contributed by atoms with van der Waals surface area (Å²) in [5.74, 6) is 1.71. The summed E-state index contributed by atoms with van der Waals surface area (Å²) in [6, 6.07) is 7.64. The Kier molecular flexibility index (Phi) is 3.83. The van der Waals surface area contributed by atoms with E-state index in [2.05, 4.69) is 0 Å². The normalized spacial score (nSPS) is 18.7. The van der Waals surface area contributed by atoms with Gasteiger partial charge in [-0.1, -0.05) is 12.2 Å². The van der Waals surface area contributed by atoms with E-state index in [1.807, 2.05) is 43.3 Å². The van der Waals surface area contributed by atoms with E-state index in [0.29, 0.717) is 19.3 Å². The first kappa shape index (κ1) is 11.0. The Labute approximate surface area is 95.6 Å². The second-order valence-corrected chi connectivity index (χ2v) is 3.62. The Morgan fingerprint density at radius 1 is 1.25 bits per heavy atom. The number of ether oxygens (including phenoxy) is 3. The Morgan fingerprint density at radius 3 is 2.44 bits per heavy atom. The van der Waals surface area contributed by atoms with E-state index >= 15 is 0 Å². The van der Waals surface area contributed by atoms with Crippen molar-refractivity contribution in [1.82, 2.24) is 0 Å². The topological polar surface area (TPSA) is 31.0 Å². The second-order valence-electron chi connectivity index (χ2n) is 3.62. The Balaban J connectivity index is 1.78. The van der Waals surface area contributed by atoms with Gasteiger partial charge in [0.2, 0.25) is 0 Å². The molecule has 0 N–H and O–H groups in total. The molecule has 3 nitrogen and oxygen atoms in total. The van der Waals surface area contributed by atoms with E-state index in [-0.39, 0.29) is 0 Å². The maximum absolute atomic E-state index is 5.52. The first-order chi connectivity index (χ1) is 7.88. The van der Waals surface area contributed by atoms with Crippen LogP contribution in [0.25, 0.3) is 0 Å². The zero-order valence-corrected chi connectivity index (χ0v) is 9.39. The van der Waals surface area contributed by atoms with Gasteiger partial charge >= 0.3 is 0 Å². The molecule has 0 radical (unpaired) electrons. The number of hydrogen-bond donors (Lipinski definition) is 0. The molecule has 1 atom stereocenters. The molecule has 0 aromatic heterocycles. The molecular weight excluding hydrogens is 204 g/mol. The van der Waals surface area contributed by atoms with Gasteiger partial charge in [-0.3, -0.25) is 0 Å². The molecule has 16 heavy (non-hydrogen) atoms. The fourth-order valence-corrected chi connectivity index (χ4v) is 1.23. The van der Waals surface area contributed by atoms with Crippen molar-refractivity contribution in [3.8, 4) is 11.5 Å². The predicted octanol–water partition coefficient (Wildman–Crippen LogP) is 2.42. The monoisotopic (exact) mass is 220 g/mol. The largest absolute Gasteiger partial charge is 0.491 e. The molecule has 0 spiro atoms. The SMILES string of the molecule is CC=CCOc1ccc(OCC2CO2)cc1. The van der Waals surface area contributed by atoms with Crippen LogP contribution in [0, 0.1) is 0 Å². The van der Waals surface area contributed by atoms with Crippen LogP contribution >= 0.6 is 0 Å². The molecule has 1 fully saturated rings. The maximum Gasteiger partial charge on any atom is 0.120 e. The molecule has 1 aromatic rings. The second kappa shape index (κ2) is 5.56. The third-order valence-electron chi connectivity index (χ3n) is 2.24. The van der Waals surface area contributed by atoms with Gasteiger partial charge in [-0.15, -0.1) is 0 Å². The molecule has 1 saturated heterocycles. The average Bonchev–Trinajstić information content (AvgIpc) is 3.12. The number of rotatable bonds is 6. The van der Waals surface area contributed by atoms with Crippen LogP contribution in [0.3, 0.4) is 0 Å². The molecule has 1 heterocycles. The van der Waals surface area contributed by atoms with Gasteiger partial charge in [-0.05, 0) is 31.2 Å². The van der Waals surface area contributed by atoms with Gasteiger partial charge in [-0.2, -0.15) is 0 Å². The van der Waals surface area contributed by atoms with Crippen molar-refractivity contribution in [1.29, 1.82) is 0 Å². The molecule has 0 aliphatic carbocycles. The average molecular weight is 220 g/mol. The van der Waals surface area contributed by atoms with Crippen molar-refractivity contribution in [3.05, 3.63) is 36.4 Å². The van der Waals surface area contributed by atoms with E-state index in [0.717, 1.165) is 18.1 Å². The lowest BCUT2D eigenvalue weighted by Crippen LogP contribution is -2.03. The number of hydrogen-bond acceptors (Lipinski definition) is 3. The molecule has 3 heteroatoms. The van der Waals surface area contributed by atoms with Gasteiger partial charge in [0, 0.05) is 0 Å². The summed E-state index contributed by atoms with van der Waals surface area (Å²) < 4.78 is 16.1. The fourth-order valence-electron chi connectivity index (χ4n) is 1.23. The van der Waals surface area contributed by atoms with Gasteiger partial charge < -0.3 is 14.2 Å². The molecule has 1 unspecified atom stereocenters. The minimum absolute atomic E-state index is 0.297. The Hall–Kier alpha value is -1.48. The van der Waals surface area contributed by atoms with Gasteiger partial charge in [-0.25, -0.2) is 0 Å².